The number of nitrogens with zero attached hydrogens (tertiary/aromatic N) is 2. The van der Waals surface area contributed by atoms with E-state index in [2.05, 4.69) is 6.92 Å². The summed E-state index contributed by atoms with van der Waals surface area (Å²) >= 11 is 0. The number of hydrogen-bond acceptors (Lipinski definition) is 2. The molecule has 0 N–H and O–H groups in total. The highest BCUT2D eigenvalue weighted by atomic mass is 16.2. The average molecular weight is 252 g/mol. The molecule has 18 heavy (non-hydrogen) atoms. The van der Waals surface area contributed by atoms with Crippen LogP contribution in [0.3, 0.4) is 0 Å². The van der Waals surface area contributed by atoms with Gasteiger partial charge < -0.3 is 9.80 Å². The number of amides is 2. The molecule has 4 nitrogen and oxygen atoms in total. The van der Waals surface area contributed by atoms with Crippen molar-refractivity contribution in [2.75, 3.05) is 26.2 Å². The van der Waals surface area contributed by atoms with E-state index in [0.29, 0.717) is 12.5 Å². The van der Waals surface area contributed by atoms with Gasteiger partial charge in [0.15, 0.2) is 0 Å². The first-order valence-corrected chi connectivity index (χ1v) is 7.12. The molecule has 0 saturated carbocycles. The molecule has 2 rings (SSSR count). The highest BCUT2D eigenvalue weighted by molar-refractivity contribution is 5.81. The fourth-order valence-electron chi connectivity index (χ4n) is 3.11. The predicted octanol–water partition coefficient (Wildman–Crippen LogP) is 1.50. The number of likely N-dealkylation sites (tertiary alicyclic amines) is 2. The molecule has 0 aliphatic carbocycles. The van der Waals surface area contributed by atoms with E-state index in [1.54, 1.807) is 6.92 Å². The van der Waals surface area contributed by atoms with Gasteiger partial charge in [-0.3, -0.25) is 9.59 Å². The quantitative estimate of drug-likeness (QED) is 0.709. The third-order valence-corrected chi connectivity index (χ3v) is 4.18. The van der Waals surface area contributed by atoms with Gasteiger partial charge in [-0.15, -0.1) is 0 Å². The van der Waals surface area contributed by atoms with E-state index in [-0.39, 0.29) is 17.7 Å². The van der Waals surface area contributed by atoms with Gasteiger partial charge in [0.1, 0.15) is 0 Å². The van der Waals surface area contributed by atoms with Crippen molar-refractivity contribution >= 4 is 11.8 Å². The second kappa shape index (κ2) is 5.72. The lowest BCUT2D eigenvalue weighted by Gasteiger charge is -2.37. The van der Waals surface area contributed by atoms with Gasteiger partial charge >= 0.3 is 0 Å². The molecule has 0 aromatic carbocycles. The van der Waals surface area contributed by atoms with Crippen molar-refractivity contribution in [2.45, 2.75) is 39.5 Å². The van der Waals surface area contributed by atoms with Gasteiger partial charge in [0.2, 0.25) is 11.8 Å². The van der Waals surface area contributed by atoms with Crippen molar-refractivity contribution in [3.05, 3.63) is 0 Å². The molecular formula is C14H24N2O2. The molecule has 2 aliphatic rings. The van der Waals surface area contributed by atoms with Crippen molar-refractivity contribution in [1.82, 2.24) is 9.80 Å². The molecule has 0 spiro atoms. The molecule has 0 bridgehead atoms. The summed E-state index contributed by atoms with van der Waals surface area (Å²) in [6, 6.07) is 0. The summed E-state index contributed by atoms with van der Waals surface area (Å²) in [6.45, 7) is 7.04. The third kappa shape index (κ3) is 3.03. The second-order valence-electron chi connectivity index (χ2n) is 5.84. The van der Waals surface area contributed by atoms with Crippen molar-refractivity contribution < 1.29 is 9.59 Å². The van der Waals surface area contributed by atoms with Crippen LogP contribution in [0.5, 0.6) is 0 Å². The minimum absolute atomic E-state index is 0.0351. The number of carbonyl (C=O) groups excluding carboxylic acids is 2. The van der Waals surface area contributed by atoms with Crippen LogP contribution in [0.1, 0.15) is 39.5 Å². The van der Waals surface area contributed by atoms with Crippen LogP contribution in [-0.4, -0.2) is 47.8 Å². The summed E-state index contributed by atoms with van der Waals surface area (Å²) in [4.78, 5) is 27.7. The molecule has 2 aliphatic heterocycles. The molecule has 0 aromatic heterocycles. The Morgan fingerprint density at radius 3 is 2.33 bits per heavy atom. The van der Waals surface area contributed by atoms with Crippen molar-refractivity contribution in [1.29, 1.82) is 0 Å². The van der Waals surface area contributed by atoms with Crippen LogP contribution in [0.25, 0.3) is 0 Å². The second-order valence-corrected chi connectivity index (χ2v) is 5.84. The summed E-state index contributed by atoms with van der Waals surface area (Å²) in [6.07, 6.45) is 4.25. The number of hydrogen-bond donors (Lipinski definition) is 0. The maximum Gasteiger partial charge on any atom is 0.227 e. The Morgan fingerprint density at radius 1 is 1.00 bits per heavy atom. The Labute approximate surface area is 109 Å². The molecule has 102 valence electrons. The van der Waals surface area contributed by atoms with Gasteiger partial charge in [0, 0.05) is 33.1 Å². The highest BCUT2D eigenvalue weighted by Crippen LogP contribution is 2.22. The average Bonchev–Trinajstić information content (AvgIpc) is 2.38. The van der Waals surface area contributed by atoms with E-state index in [1.165, 1.54) is 6.42 Å². The number of rotatable bonds is 1. The molecule has 2 unspecified atom stereocenters. The zero-order valence-electron chi connectivity index (χ0n) is 11.5. The van der Waals surface area contributed by atoms with Gasteiger partial charge in [-0.1, -0.05) is 6.92 Å². The van der Waals surface area contributed by atoms with Crippen LogP contribution in [-0.2, 0) is 9.59 Å². The van der Waals surface area contributed by atoms with E-state index >= 15 is 0 Å². The van der Waals surface area contributed by atoms with E-state index in [4.69, 9.17) is 0 Å². The number of carbonyl (C=O) groups is 2. The first kappa shape index (κ1) is 13.4. The van der Waals surface area contributed by atoms with Crippen molar-refractivity contribution in [3.63, 3.8) is 0 Å². The zero-order valence-corrected chi connectivity index (χ0v) is 11.5. The maximum atomic E-state index is 12.5. The summed E-state index contributed by atoms with van der Waals surface area (Å²) in [5.74, 6) is 1.02. The molecule has 2 amide bonds. The molecule has 2 atom stereocenters. The Bertz CT molecular complexity index is 330. The summed E-state index contributed by atoms with van der Waals surface area (Å²) in [5.41, 5.74) is 0. The standard InChI is InChI=1S/C14H24N2O2/c1-11-5-3-8-16(9-11)14(18)13-6-4-7-15(10-13)12(2)17/h11,13H,3-10H2,1-2H3. The topological polar surface area (TPSA) is 40.6 Å². The Kier molecular flexibility index (Phi) is 4.25. The SMILES string of the molecule is CC(=O)N1CCCC(C(=O)N2CCCC(C)C2)C1. The zero-order chi connectivity index (χ0) is 13.1. The van der Waals surface area contributed by atoms with E-state index in [0.717, 1.165) is 38.9 Å². The first-order chi connectivity index (χ1) is 8.58. The predicted molar refractivity (Wildman–Crippen MR) is 70.0 cm³/mol. The van der Waals surface area contributed by atoms with Gasteiger partial charge in [-0.2, -0.15) is 0 Å². The van der Waals surface area contributed by atoms with Gasteiger partial charge in [-0.25, -0.2) is 0 Å². The fraction of sp³-hybridized carbons (Fsp3) is 0.857. The fourth-order valence-corrected chi connectivity index (χ4v) is 3.11. The molecule has 0 radical (unpaired) electrons. The van der Waals surface area contributed by atoms with Gasteiger partial charge in [-0.05, 0) is 31.6 Å². The molecular weight excluding hydrogens is 228 g/mol. The number of piperidine rings is 2. The summed E-state index contributed by atoms with van der Waals surface area (Å²) < 4.78 is 0. The minimum Gasteiger partial charge on any atom is -0.342 e. The lowest BCUT2D eigenvalue weighted by molar-refractivity contribution is -0.141. The lowest BCUT2D eigenvalue weighted by Crippen LogP contribution is -2.48. The smallest absolute Gasteiger partial charge is 0.227 e. The Morgan fingerprint density at radius 2 is 1.67 bits per heavy atom. The van der Waals surface area contributed by atoms with Crippen LogP contribution < -0.4 is 0 Å². The van der Waals surface area contributed by atoms with Crippen molar-refractivity contribution in [3.8, 4) is 0 Å². The van der Waals surface area contributed by atoms with Crippen LogP contribution >= 0.6 is 0 Å². The van der Waals surface area contributed by atoms with Gasteiger partial charge in [0.05, 0.1) is 5.92 Å². The molecule has 2 heterocycles. The molecule has 4 heteroatoms. The molecule has 0 aromatic rings. The lowest BCUT2D eigenvalue weighted by atomic mass is 9.93. The van der Waals surface area contributed by atoms with E-state index in [9.17, 15) is 9.59 Å². The van der Waals surface area contributed by atoms with Crippen molar-refractivity contribution in [2.24, 2.45) is 11.8 Å². The van der Waals surface area contributed by atoms with E-state index < -0.39 is 0 Å². The minimum atomic E-state index is 0.0351. The van der Waals surface area contributed by atoms with Crippen LogP contribution in [0.2, 0.25) is 0 Å². The van der Waals surface area contributed by atoms with Crippen LogP contribution in [0, 0.1) is 11.8 Å². The molecule has 2 fully saturated rings. The first-order valence-electron chi connectivity index (χ1n) is 7.12. The summed E-state index contributed by atoms with van der Waals surface area (Å²) in [7, 11) is 0. The Balaban J connectivity index is 1.93. The van der Waals surface area contributed by atoms with E-state index in [1.807, 2.05) is 9.80 Å². The summed E-state index contributed by atoms with van der Waals surface area (Å²) in [5, 5.41) is 0. The normalized spacial score (nSPS) is 29.2. The third-order valence-electron chi connectivity index (χ3n) is 4.18. The van der Waals surface area contributed by atoms with Crippen LogP contribution in [0.4, 0.5) is 0 Å². The highest BCUT2D eigenvalue weighted by Gasteiger charge is 2.31. The van der Waals surface area contributed by atoms with Gasteiger partial charge in [0.25, 0.3) is 0 Å². The maximum absolute atomic E-state index is 12.5. The van der Waals surface area contributed by atoms with Crippen LogP contribution in [0.15, 0.2) is 0 Å². The Hall–Kier alpha value is -1.06. The largest absolute Gasteiger partial charge is 0.342 e. The molecule has 2 saturated heterocycles. The monoisotopic (exact) mass is 252 g/mol.